The van der Waals surface area contributed by atoms with E-state index in [1.807, 2.05) is 30.3 Å². The summed E-state index contributed by atoms with van der Waals surface area (Å²) in [5, 5.41) is 3.62. The van der Waals surface area contributed by atoms with Gasteiger partial charge in [-0.2, -0.15) is 0 Å². The number of carbonyl (C=O) groups excluding carboxylic acids is 1. The molecule has 30 heavy (non-hydrogen) atoms. The second-order valence-electron chi connectivity index (χ2n) is 6.79. The maximum atomic E-state index is 13.2. The Labute approximate surface area is 188 Å². The van der Waals surface area contributed by atoms with Crippen molar-refractivity contribution in [3.63, 3.8) is 0 Å². The fraction of sp³-hybridized carbons (Fsp3) is 0.0385. The Bertz CT molecular complexity index is 979. The summed E-state index contributed by atoms with van der Waals surface area (Å²) < 4.78 is 5.34. The van der Waals surface area contributed by atoms with Crippen molar-refractivity contribution in [2.75, 3.05) is 6.16 Å². The zero-order chi connectivity index (χ0) is 19.9. The molecule has 0 aliphatic rings. The maximum absolute atomic E-state index is 13.2. The van der Waals surface area contributed by atoms with Crippen molar-refractivity contribution in [3.8, 4) is 0 Å². The van der Waals surface area contributed by atoms with Crippen LogP contribution in [-0.2, 0) is 4.79 Å². The number of furan rings is 1. The topological polar surface area (TPSA) is 30.2 Å². The van der Waals surface area contributed by atoms with Crippen LogP contribution < -0.4 is 32.9 Å². The van der Waals surface area contributed by atoms with Gasteiger partial charge >= 0.3 is 0 Å². The van der Waals surface area contributed by atoms with Gasteiger partial charge in [-0.1, -0.05) is 54.6 Å². The van der Waals surface area contributed by atoms with Gasteiger partial charge in [0, 0.05) is 0 Å². The number of benzene rings is 3. The van der Waals surface area contributed by atoms with Gasteiger partial charge in [0.1, 0.15) is 35.1 Å². The molecule has 4 heteroatoms. The van der Waals surface area contributed by atoms with E-state index in [2.05, 4.69) is 72.8 Å². The molecule has 3 aromatic carbocycles. The summed E-state index contributed by atoms with van der Waals surface area (Å²) in [5.74, 6) is 0.771. The minimum absolute atomic E-state index is 0. The lowest BCUT2D eigenvalue weighted by Gasteiger charge is -2.26. The van der Waals surface area contributed by atoms with Crippen LogP contribution in [0.3, 0.4) is 0 Å². The van der Waals surface area contributed by atoms with E-state index in [1.165, 1.54) is 15.9 Å². The number of ketones is 1. The number of rotatable bonds is 7. The standard InChI is InChI=1S/C26H22O2P.BrH/c27-22(18-19-23-11-10-20-28-23)21-29(24-12-4-1-5-13-24,25-14-6-2-7-15-25)26-16-8-3-9-17-26;/h1-20H,21H2;1H/q+1;/p-1/b19-18+;. The zero-order valence-corrected chi connectivity index (χ0v) is 18.9. The summed E-state index contributed by atoms with van der Waals surface area (Å²) in [6, 6.07) is 35.0. The van der Waals surface area contributed by atoms with E-state index in [0.29, 0.717) is 11.9 Å². The van der Waals surface area contributed by atoms with E-state index in [4.69, 9.17) is 4.42 Å². The fourth-order valence-electron chi connectivity index (χ4n) is 3.62. The number of allylic oxidation sites excluding steroid dienone is 1. The quantitative estimate of drug-likeness (QED) is 0.301. The van der Waals surface area contributed by atoms with Gasteiger partial charge in [0.15, 0.2) is 5.78 Å². The third-order valence-electron chi connectivity index (χ3n) is 4.96. The Hall–Kier alpha value is -2.74. The van der Waals surface area contributed by atoms with E-state index in [-0.39, 0.29) is 22.8 Å². The molecule has 0 N–H and O–H groups in total. The molecule has 0 radical (unpaired) electrons. The van der Waals surface area contributed by atoms with Crippen LogP contribution in [0.1, 0.15) is 5.76 Å². The van der Waals surface area contributed by atoms with Crippen LogP contribution >= 0.6 is 7.26 Å². The molecule has 0 amide bonds. The summed E-state index contributed by atoms with van der Waals surface area (Å²) in [6.45, 7) is 0. The van der Waals surface area contributed by atoms with Gasteiger partial charge in [0.05, 0.1) is 6.26 Å². The number of hydrogen-bond donors (Lipinski definition) is 0. The van der Waals surface area contributed by atoms with Crippen molar-refractivity contribution in [3.05, 3.63) is 121 Å². The first-order valence-electron chi connectivity index (χ1n) is 9.58. The van der Waals surface area contributed by atoms with E-state index in [9.17, 15) is 4.79 Å². The van der Waals surface area contributed by atoms with Crippen LogP contribution in [-0.4, -0.2) is 11.9 Å². The fourth-order valence-corrected chi connectivity index (χ4v) is 7.67. The molecular formula is C26H22BrO2P. The van der Waals surface area contributed by atoms with Crippen LogP contribution in [0.2, 0.25) is 0 Å². The third kappa shape index (κ3) is 4.70. The lowest BCUT2D eigenvalue weighted by atomic mass is 10.3. The highest BCUT2D eigenvalue weighted by Gasteiger charge is 2.46. The van der Waals surface area contributed by atoms with Crippen molar-refractivity contribution in [1.29, 1.82) is 0 Å². The molecule has 4 aromatic rings. The summed E-state index contributed by atoms with van der Waals surface area (Å²) in [4.78, 5) is 13.2. The van der Waals surface area contributed by atoms with Crippen molar-refractivity contribution in [2.45, 2.75) is 0 Å². The zero-order valence-electron chi connectivity index (χ0n) is 16.4. The first kappa shape index (κ1) is 22.0. The number of halogens is 1. The monoisotopic (exact) mass is 476 g/mol. The van der Waals surface area contributed by atoms with Crippen LogP contribution in [0.15, 0.2) is 120 Å². The number of carbonyl (C=O) groups is 1. The molecule has 1 aromatic heterocycles. The molecule has 0 saturated heterocycles. The predicted octanol–water partition coefficient (Wildman–Crippen LogP) is 1.86. The molecule has 0 atom stereocenters. The van der Waals surface area contributed by atoms with Crippen molar-refractivity contribution < 1.29 is 26.2 Å². The Kier molecular flexibility index (Phi) is 7.57. The predicted molar refractivity (Wildman–Crippen MR) is 123 cm³/mol. The molecule has 1 heterocycles. The van der Waals surface area contributed by atoms with Gasteiger partial charge in [-0.25, -0.2) is 0 Å². The highest BCUT2D eigenvalue weighted by Crippen LogP contribution is 2.55. The SMILES string of the molecule is O=C(/C=C/c1ccco1)C[P+](c1ccccc1)(c1ccccc1)c1ccccc1.[Br-]. The Morgan fingerprint density at radius 2 is 1.17 bits per heavy atom. The molecule has 0 bridgehead atoms. The molecule has 4 rings (SSSR count). The molecule has 0 aliphatic heterocycles. The summed E-state index contributed by atoms with van der Waals surface area (Å²) in [5.41, 5.74) is 0. The normalized spacial score (nSPS) is 11.2. The average molecular weight is 477 g/mol. The molecular weight excluding hydrogens is 455 g/mol. The smallest absolute Gasteiger partial charge is 0.194 e. The van der Waals surface area contributed by atoms with Gasteiger partial charge < -0.3 is 21.4 Å². The summed E-state index contributed by atoms with van der Waals surface area (Å²) >= 11 is 0. The molecule has 2 nitrogen and oxygen atoms in total. The minimum Gasteiger partial charge on any atom is -1.00 e. The van der Waals surface area contributed by atoms with Crippen LogP contribution in [0, 0.1) is 0 Å². The molecule has 0 unspecified atom stereocenters. The highest BCUT2D eigenvalue weighted by molar-refractivity contribution is 7.96. The highest BCUT2D eigenvalue weighted by atomic mass is 79.9. The maximum Gasteiger partial charge on any atom is 0.194 e. The van der Waals surface area contributed by atoms with Gasteiger partial charge in [-0.05, 0) is 60.7 Å². The lowest BCUT2D eigenvalue weighted by molar-refractivity contribution is -0.112. The molecule has 0 aliphatic carbocycles. The largest absolute Gasteiger partial charge is 1.00 e. The van der Waals surface area contributed by atoms with E-state index >= 15 is 0 Å². The van der Waals surface area contributed by atoms with E-state index in [1.54, 1.807) is 18.4 Å². The average Bonchev–Trinajstić information content (AvgIpc) is 3.32. The molecule has 0 fully saturated rings. The summed E-state index contributed by atoms with van der Waals surface area (Å²) in [7, 11) is -2.15. The van der Waals surface area contributed by atoms with Crippen LogP contribution in [0.4, 0.5) is 0 Å². The van der Waals surface area contributed by atoms with Gasteiger partial charge in [-0.3, -0.25) is 4.79 Å². The second-order valence-corrected chi connectivity index (χ2v) is 10.3. The summed E-state index contributed by atoms with van der Waals surface area (Å²) in [6.07, 6.45) is 5.43. The Balaban J connectivity index is 0.00000256. The van der Waals surface area contributed by atoms with Gasteiger partial charge in [0.25, 0.3) is 0 Å². The Morgan fingerprint density at radius 3 is 1.57 bits per heavy atom. The Morgan fingerprint density at radius 1 is 0.700 bits per heavy atom. The second kappa shape index (κ2) is 10.3. The third-order valence-corrected chi connectivity index (χ3v) is 9.29. The van der Waals surface area contributed by atoms with Gasteiger partial charge in [0.2, 0.25) is 0 Å². The molecule has 150 valence electrons. The van der Waals surface area contributed by atoms with E-state index in [0.717, 1.165) is 0 Å². The van der Waals surface area contributed by atoms with E-state index < -0.39 is 7.26 Å². The minimum atomic E-state index is -2.15. The van der Waals surface area contributed by atoms with Gasteiger partial charge in [-0.15, -0.1) is 0 Å². The van der Waals surface area contributed by atoms with Crippen molar-refractivity contribution in [1.82, 2.24) is 0 Å². The van der Waals surface area contributed by atoms with Crippen LogP contribution in [0.5, 0.6) is 0 Å². The number of hydrogen-bond acceptors (Lipinski definition) is 2. The van der Waals surface area contributed by atoms with Crippen LogP contribution in [0.25, 0.3) is 6.08 Å². The first-order valence-corrected chi connectivity index (χ1v) is 11.6. The van der Waals surface area contributed by atoms with Crippen molar-refractivity contribution >= 4 is 35.0 Å². The molecule has 0 spiro atoms. The molecule has 0 saturated carbocycles. The van der Waals surface area contributed by atoms with Crippen molar-refractivity contribution in [2.24, 2.45) is 0 Å². The first-order chi connectivity index (χ1) is 14.3. The lowest BCUT2D eigenvalue weighted by Crippen LogP contribution is -3.00.